The van der Waals surface area contributed by atoms with E-state index in [-0.39, 0.29) is 30.2 Å². The van der Waals surface area contributed by atoms with E-state index < -0.39 is 6.04 Å². The highest BCUT2D eigenvalue weighted by Crippen LogP contribution is 2.26. The summed E-state index contributed by atoms with van der Waals surface area (Å²) < 4.78 is 0. The van der Waals surface area contributed by atoms with E-state index >= 15 is 0 Å². The zero-order valence-corrected chi connectivity index (χ0v) is 23.2. The van der Waals surface area contributed by atoms with Crippen LogP contribution in [0.5, 0.6) is 0 Å². The van der Waals surface area contributed by atoms with Crippen molar-refractivity contribution in [1.82, 2.24) is 10.2 Å². The van der Waals surface area contributed by atoms with E-state index in [1.165, 1.54) is 11.8 Å². The highest BCUT2D eigenvalue weighted by molar-refractivity contribution is 8.00. The monoisotopic (exact) mass is 542 g/mol. The molecule has 3 aromatic carbocycles. The molecule has 36 heavy (non-hydrogen) atoms. The number of hydrogen-bond acceptors (Lipinski definition) is 3. The Labute approximate surface area is 228 Å². The molecular formula is C29H32Cl2N2O2S. The summed E-state index contributed by atoms with van der Waals surface area (Å²) in [5, 5.41) is 4.07. The first-order valence-electron chi connectivity index (χ1n) is 12.0. The van der Waals surface area contributed by atoms with Crippen molar-refractivity contribution in [2.45, 2.75) is 57.1 Å². The minimum absolute atomic E-state index is 0.00576. The molecule has 0 aliphatic carbocycles. The molecule has 2 atom stereocenters. The van der Waals surface area contributed by atoms with Gasteiger partial charge < -0.3 is 10.2 Å². The topological polar surface area (TPSA) is 49.4 Å². The number of nitrogens with one attached hydrogen (secondary N) is 1. The summed E-state index contributed by atoms with van der Waals surface area (Å²) in [6.07, 6.45) is 1.19. The molecule has 3 aromatic rings. The second kappa shape index (κ2) is 13.7. The third-order valence-electron chi connectivity index (χ3n) is 6.01. The van der Waals surface area contributed by atoms with E-state index in [9.17, 15) is 9.59 Å². The van der Waals surface area contributed by atoms with Crippen LogP contribution >= 0.6 is 35.0 Å². The maximum Gasteiger partial charge on any atom is 0.243 e. The molecule has 2 amide bonds. The van der Waals surface area contributed by atoms with Gasteiger partial charge in [0, 0.05) is 33.9 Å². The van der Waals surface area contributed by atoms with E-state index in [1.54, 1.807) is 17.0 Å². The lowest BCUT2D eigenvalue weighted by atomic mass is 10.0. The number of halogens is 2. The van der Waals surface area contributed by atoms with Crippen LogP contribution in [0.4, 0.5) is 0 Å². The Balaban J connectivity index is 1.93. The van der Waals surface area contributed by atoms with Gasteiger partial charge in [-0.05, 0) is 55.7 Å². The summed E-state index contributed by atoms with van der Waals surface area (Å²) in [5.41, 5.74) is 2.88. The predicted octanol–water partition coefficient (Wildman–Crippen LogP) is 6.95. The first kappa shape index (κ1) is 28.1. The van der Waals surface area contributed by atoms with Crippen LogP contribution in [0.3, 0.4) is 0 Å². The Kier molecular flexibility index (Phi) is 10.7. The minimum Gasteiger partial charge on any atom is -0.352 e. The highest BCUT2D eigenvalue weighted by atomic mass is 35.5. The molecule has 0 aliphatic heterocycles. The second-order valence-electron chi connectivity index (χ2n) is 8.88. The van der Waals surface area contributed by atoms with Crippen molar-refractivity contribution in [2.24, 2.45) is 0 Å². The van der Waals surface area contributed by atoms with Gasteiger partial charge in [0.1, 0.15) is 6.04 Å². The number of nitrogens with zero attached hydrogens (tertiary/aromatic N) is 1. The van der Waals surface area contributed by atoms with Crippen LogP contribution in [0, 0.1) is 6.92 Å². The molecule has 0 saturated carbocycles. The third kappa shape index (κ3) is 8.29. The van der Waals surface area contributed by atoms with E-state index in [2.05, 4.69) is 5.32 Å². The van der Waals surface area contributed by atoms with Crippen molar-refractivity contribution >= 4 is 46.8 Å². The maximum atomic E-state index is 13.7. The van der Waals surface area contributed by atoms with Gasteiger partial charge >= 0.3 is 0 Å². The van der Waals surface area contributed by atoms with Gasteiger partial charge in [-0.2, -0.15) is 0 Å². The summed E-state index contributed by atoms with van der Waals surface area (Å²) in [4.78, 5) is 29.9. The standard InChI is InChI=1S/C29H32Cl2N2O2S/c1-4-21(3)32-29(35)27(16-22-8-6-5-7-9-22)33(18-23-12-13-24(30)17-26(23)31)28(34)19-36-25-14-10-20(2)11-15-25/h5-15,17,21,27H,4,16,18-19H2,1-3H3,(H,32,35)/t21-,27+/m0/s1. The van der Waals surface area contributed by atoms with E-state index in [1.807, 2.05) is 81.4 Å². The van der Waals surface area contributed by atoms with Crippen LogP contribution in [0.2, 0.25) is 10.0 Å². The largest absolute Gasteiger partial charge is 0.352 e. The molecule has 0 spiro atoms. The van der Waals surface area contributed by atoms with Crippen molar-refractivity contribution in [3.8, 4) is 0 Å². The molecule has 0 unspecified atom stereocenters. The van der Waals surface area contributed by atoms with Crippen LogP contribution < -0.4 is 5.32 Å². The molecule has 0 fully saturated rings. The first-order valence-corrected chi connectivity index (χ1v) is 13.8. The van der Waals surface area contributed by atoms with E-state index in [0.717, 1.165) is 28.0 Å². The first-order chi connectivity index (χ1) is 17.3. The highest BCUT2D eigenvalue weighted by Gasteiger charge is 2.31. The predicted molar refractivity (Wildman–Crippen MR) is 151 cm³/mol. The average Bonchev–Trinajstić information content (AvgIpc) is 2.87. The number of amides is 2. The SMILES string of the molecule is CC[C@H](C)NC(=O)[C@@H](Cc1ccccc1)N(Cc1ccc(Cl)cc1Cl)C(=O)CSc1ccc(C)cc1. The van der Waals surface area contributed by atoms with Gasteiger partial charge in [0.05, 0.1) is 5.75 Å². The van der Waals surface area contributed by atoms with Crippen LogP contribution in [0.25, 0.3) is 0 Å². The van der Waals surface area contributed by atoms with Crippen molar-refractivity contribution in [1.29, 1.82) is 0 Å². The molecule has 190 valence electrons. The van der Waals surface area contributed by atoms with Crippen molar-refractivity contribution in [2.75, 3.05) is 5.75 Å². The molecule has 7 heteroatoms. The molecule has 3 rings (SSSR count). The lowest BCUT2D eigenvalue weighted by Gasteiger charge is -2.32. The molecule has 1 N–H and O–H groups in total. The number of aryl methyl sites for hydroxylation is 1. The molecular weight excluding hydrogens is 511 g/mol. The molecule has 0 aromatic heterocycles. The Morgan fingerprint density at radius 1 is 1.00 bits per heavy atom. The number of carbonyl (C=O) groups is 2. The molecule has 0 radical (unpaired) electrons. The fourth-order valence-corrected chi connectivity index (χ4v) is 4.94. The summed E-state index contributed by atoms with van der Waals surface area (Å²) in [7, 11) is 0. The minimum atomic E-state index is -0.695. The van der Waals surface area contributed by atoms with Crippen LogP contribution in [-0.2, 0) is 22.6 Å². The van der Waals surface area contributed by atoms with Crippen LogP contribution in [0.15, 0.2) is 77.7 Å². The molecule has 0 aliphatic rings. The Hall–Kier alpha value is -2.47. The van der Waals surface area contributed by atoms with Gasteiger partial charge in [0.25, 0.3) is 0 Å². The third-order valence-corrected chi connectivity index (χ3v) is 7.59. The molecule has 0 bridgehead atoms. The van der Waals surface area contributed by atoms with Gasteiger partial charge in [0.2, 0.25) is 11.8 Å². The molecule has 4 nitrogen and oxygen atoms in total. The van der Waals surface area contributed by atoms with Crippen molar-refractivity contribution < 1.29 is 9.59 Å². The van der Waals surface area contributed by atoms with Crippen LogP contribution in [-0.4, -0.2) is 34.6 Å². The summed E-state index contributed by atoms with van der Waals surface area (Å²) in [6, 6.07) is 22.3. The lowest BCUT2D eigenvalue weighted by Crippen LogP contribution is -2.52. The maximum absolute atomic E-state index is 13.7. The van der Waals surface area contributed by atoms with Gasteiger partial charge in [0.15, 0.2) is 0 Å². The number of thioether (sulfide) groups is 1. The van der Waals surface area contributed by atoms with Crippen molar-refractivity contribution in [3.05, 3.63) is 99.5 Å². The normalized spacial score (nSPS) is 12.6. The smallest absolute Gasteiger partial charge is 0.243 e. The summed E-state index contributed by atoms with van der Waals surface area (Å²) in [6.45, 7) is 6.22. The van der Waals surface area contributed by atoms with Gasteiger partial charge in [-0.1, -0.05) is 84.2 Å². The van der Waals surface area contributed by atoms with Crippen LogP contribution in [0.1, 0.15) is 37.0 Å². The Bertz CT molecular complexity index is 1160. The zero-order valence-electron chi connectivity index (χ0n) is 20.8. The average molecular weight is 544 g/mol. The van der Waals surface area contributed by atoms with E-state index in [0.29, 0.717) is 16.5 Å². The number of carbonyl (C=O) groups excluding carboxylic acids is 2. The van der Waals surface area contributed by atoms with Gasteiger partial charge in [-0.15, -0.1) is 11.8 Å². The number of hydrogen-bond donors (Lipinski definition) is 1. The zero-order chi connectivity index (χ0) is 26.1. The fourth-order valence-electron chi connectivity index (χ4n) is 3.69. The quantitative estimate of drug-likeness (QED) is 0.266. The summed E-state index contributed by atoms with van der Waals surface area (Å²) in [5.74, 6) is -0.102. The molecule has 0 saturated heterocycles. The fraction of sp³-hybridized carbons (Fsp3) is 0.310. The lowest BCUT2D eigenvalue weighted by molar-refractivity contribution is -0.139. The van der Waals surface area contributed by atoms with Gasteiger partial charge in [-0.3, -0.25) is 9.59 Å². The van der Waals surface area contributed by atoms with E-state index in [4.69, 9.17) is 23.2 Å². The Morgan fingerprint density at radius 3 is 2.33 bits per heavy atom. The summed E-state index contributed by atoms with van der Waals surface area (Å²) >= 11 is 14.1. The number of rotatable bonds is 11. The number of benzene rings is 3. The van der Waals surface area contributed by atoms with Crippen molar-refractivity contribution in [3.63, 3.8) is 0 Å². The Morgan fingerprint density at radius 2 is 1.69 bits per heavy atom. The van der Waals surface area contributed by atoms with Gasteiger partial charge in [-0.25, -0.2) is 0 Å². The second-order valence-corrected chi connectivity index (χ2v) is 10.8. The molecule has 0 heterocycles.